The van der Waals surface area contributed by atoms with E-state index < -0.39 is 18.3 Å². The first-order chi connectivity index (χ1) is 7.73. The zero-order chi connectivity index (χ0) is 12.8. The van der Waals surface area contributed by atoms with Gasteiger partial charge in [-0.2, -0.15) is 0 Å². The summed E-state index contributed by atoms with van der Waals surface area (Å²) in [5.74, 6) is -0.227. The Labute approximate surface area is 101 Å². The predicted molar refractivity (Wildman–Crippen MR) is 63.4 cm³/mol. The number of rotatable bonds is 1. The topological polar surface area (TPSA) is 52.6 Å². The molecular weight excluding hydrogens is 219 g/mol. The Morgan fingerprint density at radius 3 is 2.12 bits per heavy atom. The molecule has 2 aliphatic rings. The average molecular weight is 236 g/mol. The second-order valence-electron chi connectivity index (χ2n) is 5.59. The number of allylic oxidation sites excluding steroid dienone is 2. The monoisotopic (exact) mass is 236 g/mol. The highest BCUT2D eigenvalue weighted by Crippen LogP contribution is 2.39. The molecule has 0 aromatic rings. The van der Waals surface area contributed by atoms with Crippen LogP contribution in [0.5, 0.6) is 0 Å². The largest absolute Gasteiger partial charge is 0.498 e. The molecule has 1 heterocycles. The van der Waals surface area contributed by atoms with Gasteiger partial charge in [-0.15, -0.1) is 0 Å². The van der Waals surface area contributed by atoms with Crippen molar-refractivity contribution in [3.63, 3.8) is 0 Å². The van der Waals surface area contributed by atoms with Gasteiger partial charge in [0, 0.05) is 11.9 Å². The molecule has 2 rings (SSSR count). The first-order valence-corrected chi connectivity index (χ1v) is 5.83. The predicted octanol–water partition coefficient (Wildman–Crippen LogP) is 1.48. The third kappa shape index (κ3) is 2.09. The van der Waals surface area contributed by atoms with E-state index in [1.54, 1.807) is 6.08 Å². The zero-order valence-corrected chi connectivity index (χ0v) is 10.7. The molecule has 1 fully saturated rings. The summed E-state index contributed by atoms with van der Waals surface area (Å²) in [6, 6.07) is 0. The van der Waals surface area contributed by atoms with E-state index in [0.717, 1.165) is 0 Å². The Balaban J connectivity index is 2.22. The number of carbonyl (C=O) groups is 2. The van der Waals surface area contributed by atoms with E-state index in [2.05, 4.69) is 0 Å². The van der Waals surface area contributed by atoms with Crippen molar-refractivity contribution >= 4 is 18.7 Å². The second-order valence-corrected chi connectivity index (χ2v) is 5.59. The van der Waals surface area contributed by atoms with Crippen LogP contribution < -0.4 is 0 Å². The summed E-state index contributed by atoms with van der Waals surface area (Å²) in [5.41, 5.74) is -0.427. The third-order valence-corrected chi connectivity index (χ3v) is 3.74. The van der Waals surface area contributed by atoms with E-state index in [9.17, 15) is 9.59 Å². The SMILES string of the molecule is CC1(C)OB(C2=CCC(=O)CC2=O)OC1(C)C. The summed E-state index contributed by atoms with van der Waals surface area (Å²) in [6.45, 7) is 7.75. The van der Waals surface area contributed by atoms with Crippen LogP contribution in [0.3, 0.4) is 0 Å². The van der Waals surface area contributed by atoms with Gasteiger partial charge >= 0.3 is 7.12 Å². The number of ketones is 2. The lowest BCUT2D eigenvalue weighted by Gasteiger charge is -2.32. The number of hydrogen-bond acceptors (Lipinski definition) is 4. The van der Waals surface area contributed by atoms with Crippen LogP contribution in [0.2, 0.25) is 0 Å². The maximum Gasteiger partial charge on any atom is 0.498 e. The van der Waals surface area contributed by atoms with Crippen LogP contribution in [0.4, 0.5) is 0 Å². The summed E-state index contributed by atoms with van der Waals surface area (Å²) < 4.78 is 11.6. The fraction of sp³-hybridized carbons (Fsp3) is 0.667. The maximum atomic E-state index is 11.8. The van der Waals surface area contributed by atoms with Gasteiger partial charge < -0.3 is 9.31 Å². The maximum absolute atomic E-state index is 11.8. The molecule has 0 saturated carbocycles. The van der Waals surface area contributed by atoms with Crippen molar-refractivity contribution in [2.24, 2.45) is 0 Å². The van der Waals surface area contributed by atoms with Crippen molar-refractivity contribution in [1.29, 1.82) is 0 Å². The van der Waals surface area contributed by atoms with E-state index in [-0.39, 0.29) is 18.0 Å². The van der Waals surface area contributed by atoms with E-state index >= 15 is 0 Å². The molecule has 17 heavy (non-hydrogen) atoms. The van der Waals surface area contributed by atoms with E-state index in [1.165, 1.54) is 0 Å². The first-order valence-electron chi connectivity index (χ1n) is 5.83. The molecule has 0 N–H and O–H groups in total. The summed E-state index contributed by atoms with van der Waals surface area (Å²) in [6.07, 6.45) is 1.90. The molecule has 1 saturated heterocycles. The van der Waals surface area contributed by atoms with Crippen molar-refractivity contribution in [3.05, 3.63) is 11.5 Å². The van der Waals surface area contributed by atoms with Crippen molar-refractivity contribution in [1.82, 2.24) is 0 Å². The van der Waals surface area contributed by atoms with Crippen molar-refractivity contribution in [2.75, 3.05) is 0 Å². The molecule has 4 nitrogen and oxygen atoms in total. The summed E-state index contributed by atoms with van der Waals surface area (Å²) in [7, 11) is -0.638. The zero-order valence-electron chi connectivity index (χ0n) is 10.7. The van der Waals surface area contributed by atoms with Gasteiger partial charge in [-0.1, -0.05) is 6.08 Å². The minimum Gasteiger partial charge on any atom is -0.399 e. The highest BCUT2D eigenvalue weighted by molar-refractivity contribution is 6.62. The average Bonchev–Trinajstić information content (AvgIpc) is 2.35. The van der Waals surface area contributed by atoms with E-state index in [0.29, 0.717) is 11.9 Å². The van der Waals surface area contributed by atoms with Crippen molar-refractivity contribution < 1.29 is 18.9 Å². The van der Waals surface area contributed by atoms with Gasteiger partial charge in [0.05, 0.1) is 17.6 Å². The molecule has 1 aliphatic heterocycles. The molecule has 0 atom stereocenters. The van der Waals surface area contributed by atoms with Gasteiger partial charge in [0.15, 0.2) is 5.78 Å². The first kappa shape index (κ1) is 12.5. The number of Topliss-reactive ketones (excluding diaryl/α,β-unsaturated/α-hetero) is 2. The molecule has 0 bridgehead atoms. The molecule has 0 aromatic carbocycles. The number of hydrogen-bond donors (Lipinski definition) is 0. The van der Waals surface area contributed by atoms with Gasteiger partial charge in [-0.3, -0.25) is 9.59 Å². The van der Waals surface area contributed by atoms with E-state index in [4.69, 9.17) is 9.31 Å². The summed E-state index contributed by atoms with van der Waals surface area (Å²) in [5, 5.41) is 0. The molecule has 5 heteroatoms. The Kier molecular flexibility index (Phi) is 2.79. The standard InChI is InChI=1S/C12H17BO4/c1-11(2)12(3,4)17-13(16-11)9-6-5-8(14)7-10(9)15/h6H,5,7H2,1-4H3. The molecule has 1 aliphatic carbocycles. The Morgan fingerprint density at radius 2 is 1.65 bits per heavy atom. The summed E-state index contributed by atoms with van der Waals surface area (Å²) >= 11 is 0. The Bertz CT molecular complexity index is 393. The lowest BCUT2D eigenvalue weighted by Crippen LogP contribution is -2.41. The minimum absolute atomic E-state index is 0.0318. The summed E-state index contributed by atoms with van der Waals surface area (Å²) in [4.78, 5) is 22.9. The number of carbonyl (C=O) groups excluding carboxylic acids is 2. The smallest absolute Gasteiger partial charge is 0.399 e. The van der Waals surface area contributed by atoms with Crippen LogP contribution in [0.15, 0.2) is 11.5 Å². The molecule has 92 valence electrons. The Morgan fingerprint density at radius 1 is 1.12 bits per heavy atom. The van der Waals surface area contributed by atoms with Gasteiger partial charge in [-0.25, -0.2) is 0 Å². The molecule has 0 radical (unpaired) electrons. The second kappa shape index (κ2) is 3.78. The normalized spacial score (nSPS) is 27.3. The molecule has 0 spiro atoms. The highest BCUT2D eigenvalue weighted by Gasteiger charge is 2.53. The molecular formula is C12H17BO4. The molecule has 0 aromatic heterocycles. The van der Waals surface area contributed by atoms with Crippen LogP contribution >= 0.6 is 0 Å². The van der Waals surface area contributed by atoms with Crippen LogP contribution in [0, 0.1) is 0 Å². The van der Waals surface area contributed by atoms with E-state index in [1.807, 2.05) is 27.7 Å². The van der Waals surface area contributed by atoms with Crippen molar-refractivity contribution in [2.45, 2.75) is 51.7 Å². The fourth-order valence-corrected chi connectivity index (χ4v) is 1.89. The minimum atomic E-state index is -0.638. The highest BCUT2D eigenvalue weighted by atomic mass is 16.7. The van der Waals surface area contributed by atoms with Gasteiger partial charge in [0.2, 0.25) is 0 Å². The van der Waals surface area contributed by atoms with Gasteiger partial charge in [0.25, 0.3) is 0 Å². The van der Waals surface area contributed by atoms with Crippen LogP contribution in [-0.4, -0.2) is 29.9 Å². The van der Waals surface area contributed by atoms with Crippen molar-refractivity contribution in [3.8, 4) is 0 Å². The fourth-order valence-electron chi connectivity index (χ4n) is 1.89. The lowest BCUT2D eigenvalue weighted by molar-refractivity contribution is -0.125. The quantitative estimate of drug-likeness (QED) is 0.511. The van der Waals surface area contributed by atoms with Gasteiger partial charge in [0.1, 0.15) is 5.78 Å². The Hall–Kier alpha value is -0.935. The third-order valence-electron chi connectivity index (χ3n) is 3.74. The molecule has 0 unspecified atom stereocenters. The van der Waals surface area contributed by atoms with Crippen LogP contribution in [0.25, 0.3) is 0 Å². The molecule has 0 amide bonds. The lowest BCUT2D eigenvalue weighted by atomic mass is 9.71. The van der Waals surface area contributed by atoms with Gasteiger partial charge in [-0.05, 0) is 27.7 Å². The van der Waals surface area contributed by atoms with Crippen LogP contribution in [0.1, 0.15) is 40.5 Å². The van der Waals surface area contributed by atoms with Crippen LogP contribution in [-0.2, 0) is 18.9 Å².